The first-order chi connectivity index (χ1) is 8.72. The van der Waals surface area contributed by atoms with Crippen LogP contribution in [0.15, 0.2) is 23.1 Å². The largest absolute Gasteiger partial charge is 0.393 e. The lowest BCUT2D eigenvalue weighted by molar-refractivity contribution is 0.145. The first-order valence-corrected chi connectivity index (χ1v) is 6.01. The Hall–Kier alpha value is -1.95. The first kappa shape index (κ1) is 11.2. The van der Waals surface area contributed by atoms with Crippen molar-refractivity contribution in [3.8, 4) is 0 Å². The van der Waals surface area contributed by atoms with Gasteiger partial charge in [-0.3, -0.25) is 4.98 Å². The fourth-order valence-electron chi connectivity index (χ4n) is 2.20. The number of hydrogen-bond acceptors (Lipinski definition) is 5. The van der Waals surface area contributed by atoms with Crippen LogP contribution in [0.4, 0.5) is 5.82 Å². The quantitative estimate of drug-likeness (QED) is 0.755. The van der Waals surface area contributed by atoms with Crippen molar-refractivity contribution < 1.29 is 5.11 Å². The number of fused-ring (bicyclic) bond motifs is 1. The summed E-state index contributed by atoms with van der Waals surface area (Å²) in [5.41, 5.74) is 0.167. The van der Waals surface area contributed by atoms with Crippen molar-refractivity contribution in [3.63, 3.8) is 0 Å². The third-order valence-corrected chi connectivity index (χ3v) is 3.25. The van der Waals surface area contributed by atoms with Gasteiger partial charge in [0.25, 0.3) is 0 Å². The average molecular weight is 246 g/mol. The van der Waals surface area contributed by atoms with E-state index in [-0.39, 0.29) is 11.8 Å². The number of H-pyrrole nitrogens is 1. The highest BCUT2D eigenvalue weighted by Crippen LogP contribution is 2.19. The number of rotatable bonds is 1. The summed E-state index contributed by atoms with van der Waals surface area (Å²) in [4.78, 5) is 24.0. The van der Waals surface area contributed by atoms with Gasteiger partial charge < -0.3 is 10.0 Å². The molecule has 0 spiro atoms. The smallest absolute Gasteiger partial charge is 0.346 e. The summed E-state index contributed by atoms with van der Waals surface area (Å²) in [6, 6.07) is 3.81. The summed E-state index contributed by atoms with van der Waals surface area (Å²) in [7, 11) is 0. The Kier molecular flexibility index (Phi) is 2.71. The molecule has 0 radical (unpaired) electrons. The van der Waals surface area contributed by atoms with Crippen molar-refractivity contribution in [1.82, 2.24) is 15.0 Å². The summed E-state index contributed by atoms with van der Waals surface area (Å²) < 4.78 is 0. The lowest BCUT2D eigenvalue weighted by atomic mass is 10.1. The van der Waals surface area contributed by atoms with Crippen LogP contribution in [-0.4, -0.2) is 39.3 Å². The highest BCUT2D eigenvalue weighted by atomic mass is 16.3. The molecule has 0 amide bonds. The van der Waals surface area contributed by atoms with E-state index in [1.165, 1.54) is 6.20 Å². The molecule has 0 aromatic carbocycles. The van der Waals surface area contributed by atoms with Gasteiger partial charge in [-0.2, -0.15) is 0 Å². The van der Waals surface area contributed by atoms with Crippen molar-refractivity contribution in [3.05, 3.63) is 28.8 Å². The van der Waals surface area contributed by atoms with Gasteiger partial charge in [0.05, 0.1) is 6.10 Å². The fourth-order valence-corrected chi connectivity index (χ4v) is 2.20. The topological polar surface area (TPSA) is 82.1 Å². The lowest BCUT2D eigenvalue weighted by Gasteiger charge is -2.30. The molecule has 1 fully saturated rings. The van der Waals surface area contributed by atoms with Gasteiger partial charge in [-0.05, 0) is 25.0 Å². The zero-order chi connectivity index (χ0) is 12.5. The van der Waals surface area contributed by atoms with Gasteiger partial charge >= 0.3 is 5.69 Å². The molecule has 6 heteroatoms. The van der Waals surface area contributed by atoms with E-state index in [0.29, 0.717) is 5.65 Å². The summed E-state index contributed by atoms with van der Waals surface area (Å²) in [5, 5.41) is 10.3. The molecule has 3 heterocycles. The van der Waals surface area contributed by atoms with Crippen molar-refractivity contribution in [2.75, 3.05) is 18.0 Å². The summed E-state index contributed by atoms with van der Waals surface area (Å²) in [5.74, 6) is 0.830. The van der Waals surface area contributed by atoms with Gasteiger partial charge in [0, 0.05) is 24.7 Å². The molecule has 2 N–H and O–H groups in total. The maximum atomic E-state index is 11.2. The second-order valence-electron chi connectivity index (χ2n) is 4.51. The number of piperidine rings is 1. The standard InChI is InChI=1S/C12H14N4O2/c17-9-3-5-16(6-4-9)10-2-1-8-7-13-12(18)15-11(8)14-10/h1-2,7,9,17H,3-6H2,(H,13,14,15,18). The average Bonchev–Trinajstić information content (AvgIpc) is 2.38. The number of aliphatic hydroxyl groups excluding tert-OH is 1. The number of nitrogens with zero attached hydrogens (tertiary/aromatic N) is 3. The Bertz CT molecular complexity index is 617. The van der Waals surface area contributed by atoms with Gasteiger partial charge in [0.2, 0.25) is 0 Å². The number of aliphatic hydroxyl groups is 1. The van der Waals surface area contributed by atoms with E-state index in [1.807, 2.05) is 12.1 Å². The summed E-state index contributed by atoms with van der Waals surface area (Å²) in [6.07, 6.45) is 2.83. The van der Waals surface area contributed by atoms with Crippen LogP contribution >= 0.6 is 0 Å². The fraction of sp³-hybridized carbons (Fsp3) is 0.417. The summed E-state index contributed by atoms with van der Waals surface area (Å²) in [6.45, 7) is 1.57. The maximum Gasteiger partial charge on any atom is 0.346 e. The first-order valence-electron chi connectivity index (χ1n) is 6.01. The minimum absolute atomic E-state index is 0.203. The van der Waals surface area contributed by atoms with E-state index < -0.39 is 0 Å². The Morgan fingerprint density at radius 2 is 2.11 bits per heavy atom. The molecule has 1 aliphatic heterocycles. The number of pyridine rings is 1. The molecule has 2 aromatic heterocycles. The predicted molar refractivity (Wildman–Crippen MR) is 67.6 cm³/mol. The van der Waals surface area contributed by atoms with Crippen LogP contribution in [0.2, 0.25) is 0 Å². The monoisotopic (exact) mass is 246 g/mol. The van der Waals surface area contributed by atoms with E-state index in [0.717, 1.165) is 37.1 Å². The Morgan fingerprint density at radius 3 is 2.89 bits per heavy atom. The predicted octanol–water partition coefficient (Wildman–Crippen LogP) is 0.279. The third-order valence-electron chi connectivity index (χ3n) is 3.25. The van der Waals surface area contributed by atoms with Gasteiger partial charge in [-0.1, -0.05) is 0 Å². The lowest BCUT2D eigenvalue weighted by Crippen LogP contribution is -2.36. The van der Waals surface area contributed by atoms with E-state index in [4.69, 9.17) is 0 Å². The van der Waals surface area contributed by atoms with Crippen LogP contribution in [0.3, 0.4) is 0 Å². The van der Waals surface area contributed by atoms with E-state index in [9.17, 15) is 9.90 Å². The van der Waals surface area contributed by atoms with Crippen LogP contribution in [0, 0.1) is 0 Å². The van der Waals surface area contributed by atoms with Crippen molar-refractivity contribution in [2.24, 2.45) is 0 Å². The maximum absolute atomic E-state index is 11.2. The van der Waals surface area contributed by atoms with Crippen LogP contribution in [0.5, 0.6) is 0 Å². The Balaban J connectivity index is 1.95. The van der Waals surface area contributed by atoms with Gasteiger partial charge in [-0.15, -0.1) is 0 Å². The SMILES string of the molecule is O=c1ncc2ccc(N3CCC(O)CC3)nc2[nH]1. The van der Waals surface area contributed by atoms with E-state index in [1.54, 1.807) is 0 Å². The molecule has 0 unspecified atom stereocenters. The van der Waals surface area contributed by atoms with Gasteiger partial charge in [0.1, 0.15) is 11.5 Å². The van der Waals surface area contributed by atoms with Crippen LogP contribution in [0.25, 0.3) is 11.0 Å². The molecule has 94 valence electrons. The molecule has 3 rings (SSSR count). The van der Waals surface area contributed by atoms with Crippen molar-refractivity contribution in [2.45, 2.75) is 18.9 Å². The molecule has 0 bridgehead atoms. The molecule has 1 saturated heterocycles. The zero-order valence-corrected chi connectivity index (χ0v) is 9.83. The molecular weight excluding hydrogens is 232 g/mol. The molecule has 6 nitrogen and oxygen atoms in total. The number of hydrogen-bond donors (Lipinski definition) is 2. The van der Waals surface area contributed by atoms with Crippen LogP contribution < -0.4 is 10.6 Å². The number of aromatic nitrogens is 3. The number of anilines is 1. The molecule has 0 atom stereocenters. The molecule has 2 aromatic rings. The van der Waals surface area contributed by atoms with Gasteiger partial charge in [-0.25, -0.2) is 14.8 Å². The second-order valence-corrected chi connectivity index (χ2v) is 4.51. The van der Waals surface area contributed by atoms with Crippen LogP contribution in [-0.2, 0) is 0 Å². The molecule has 0 aliphatic carbocycles. The zero-order valence-electron chi connectivity index (χ0n) is 9.83. The molecule has 1 aliphatic rings. The van der Waals surface area contributed by atoms with Crippen molar-refractivity contribution in [1.29, 1.82) is 0 Å². The highest BCUT2D eigenvalue weighted by Gasteiger charge is 2.18. The van der Waals surface area contributed by atoms with Crippen LogP contribution in [0.1, 0.15) is 12.8 Å². The minimum Gasteiger partial charge on any atom is -0.393 e. The third kappa shape index (κ3) is 2.06. The molecule has 18 heavy (non-hydrogen) atoms. The molecule has 0 saturated carbocycles. The summed E-state index contributed by atoms with van der Waals surface area (Å²) >= 11 is 0. The van der Waals surface area contributed by atoms with Gasteiger partial charge in [0.15, 0.2) is 0 Å². The number of aromatic amines is 1. The Morgan fingerprint density at radius 1 is 1.33 bits per heavy atom. The second kappa shape index (κ2) is 4.38. The highest BCUT2D eigenvalue weighted by molar-refractivity contribution is 5.75. The van der Waals surface area contributed by atoms with Crippen molar-refractivity contribution >= 4 is 16.9 Å². The Labute approximate surface area is 103 Å². The normalized spacial score (nSPS) is 17.3. The number of nitrogens with one attached hydrogen (secondary N) is 1. The van der Waals surface area contributed by atoms with E-state index in [2.05, 4.69) is 19.9 Å². The minimum atomic E-state index is -0.388. The van der Waals surface area contributed by atoms with E-state index >= 15 is 0 Å². The molecular formula is C12H14N4O2.